The molecule has 1 aliphatic rings. The third kappa shape index (κ3) is 5.55. The van der Waals surface area contributed by atoms with Crippen LogP contribution in [0.15, 0.2) is 48.5 Å². The number of halogens is 1. The van der Waals surface area contributed by atoms with Gasteiger partial charge in [0.1, 0.15) is 11.5 Å². The molecule has 1 heterocycles. The molecule has 6 heteroatoms. The minimum Gasteiger partial charge on any atom is -0.508 e. The molecular weight excluding hydrogens is 376 g/mol. The molecule has 28 heavy (non-hydrogen) atoms. The first-order chi connectivity index (χ1) is 13.5. The van der Waals surface area contributed by atoms with E-state index >= 15 is 0 Å². The average Bonchev–Trinajstić information content (AvgIpc) is 2.73. The Morgan fingerprint density at radius 3 is 2.43 bits per heavy atom. The van der Waals surface area contributed by atoms with Gasteiger partial charge in [-0.1, -0.05) is 19.1 Å². The van der Waals surface area contributed by atoms with Crippen molar-refractivity contribution in [2.45, 2.75) is 31.6 Å². The number of nitrogens with one attached hydrogen (secondary N) is 1. The maximum absolute atomic E-state index is 12.5. The van der Waals surface area contributed by atoms with E-state index < -0.39 is 0 Å². The first-order valence-corrected chi connectivity index (χ1v) is 10.2. The molecular formula is C22H27ClN2O3. The van der Waals surface area contributed by atoms with Gasteiger partial charge in [0, 0.05) is 18.8 Å². The molecule has 3 rings (SSSR count). The fraction of sp³-hybridized carbons (Fsp3) is 0.409. The third-order valence-electron chi connectivity index (χ3n) is 5.11. The van der Waals surface area contributed by atoms with Gasteiger partial charge in [-0.3, -0.25) is 0 Å². The van der Waals surface area contributed by atoms with E-state index in [1.807, 2.05) is 36.1 Å². The second kappa shape index (κ2) is 9.69. The number of carbonyl (C=O) groups excluding carboxylic acids is 1. The number of anilines is 1. The van der Waals surface area contributed by atoms with Crippen LogP contribution in [0.25, 0.3) is 0 Å². The molecule has 1 atom stereocenters. The smallest absolute Gasteiger partial charge is 0.321 e. The molecule has 1 aliphatic heterocycles. The first kappa shape index (κ1) is 20.3. The Kier molecular flexibility index (Phi) is 7.04. The van der Waals surface area contributed by atoms with Crippen molar-refractivity contribution < 1.29 is 14.6 Å². The highest BCUT2D eigenvalue weighted by Gasteiger charge is 2.23. The van der Waals surface area contributed by atoms with Crippen LogP contribution in [0.2, 0.25) is 0 Å². The largest absolute Gasteiger partial charge is 0.508 e. The summed E-state index contributed by atoms with van der Waals surface area (Å²) >= 11 is 6.24. The van der Waals surface area contributed by atoms with Crippen LogP contribution >= 0.6 is 11.6 Å². The Morgan fingerprint density at radius 1 is 1.18 bits per heavy atom. The summed E-state index contributed by atoms with van der Waals surface area (Å²) in [4.78, 5) is 14.3. The number of carbonyl (C=O) groups is 1. The monoisotopic (exact) mass is 402 g/mol. The molecule has 1 saturated heterocycles. The zero-order valence-corrected chi connectivity index (χ0v) is 16.9. The number of rotatable bonds is 6. The number of phenolic OH excluding ortho intramolecular Hbond substituents is 1. The van der Waals surface area contributed by atoms with E-state index in [4.69, 9.17) is 16.3 Å². The number of likely N-dealkylation sites (tertiary alicyclic amines) is 1. The molecule has 0 bridgehead atoms. The summed E-state index contributed by atoms with van der Waals surface area (Å²) in [5.41, 5.74) is 1.85. The highest BCUT2D eigenvalue weighted by molar-refractivity contribution is 6.20. The molecule has 0 aliphatic carbocycles. The van der Waals surface area contributed by atoms with Gasteiger partial charge >= 0.3 is 6.03 Å². The molecule has 2 N–H and O–H groups in total. The summed E-state index contributed by atoms with van der Waals surface area (Å²) in [7, 11) is 0. The SMILES string of the molecule is CCC(Cl)c1ccc(NC(=O)N2CCC(COc3ccc(O)cc3)CC2)cc1. The Labute approximate surface area is 171 Å². The van der Waals surface area contributed by atoms with Crippen LogP contribution in [0.5, 0.6) is 11.5 Å². The van der Waals surface area contributed by atoms with Gasteiger partial charge in [-0.15, -0.1) is 11.6 Å². The number of urea groups is 1. The lowest BCUT2D eigenvalue weighted by Gasteiger charge is -2.32. The van der Waals surface area contributed by atoms with Crippen molar-refractivity contribution in [2.24, 2.45) is 5.92 Å². The molecule has 2 aromatic carbocycles. The Balaban J connectivity index is 1.42. The molecule has 150 valence electrons. The average molecular weight is 403 g/mol. The van der Waals surface area contributed by atoms with Crippen LogP contribution in [0, 0.1) is 5.92 Å². The van der Waals surface area contributed by atoms with Crippen LogP contribution in [0.1, 0.15) is 37.1 Å². The van der Waals surface area contributed by atoms with Crippen molar-refractivity contribution in [1.82, 2.24) is 4.90 Å². The van der Waals surface area contributed by atoms with Gasteiger partial charge in [0.25, 0.3) is 0 Å². The Morgan fingerprint density at radius 2 is 1.82 bits per heavy atom. The summed E-state index contributed by atoms with van der Waals surface area (Å²) < 4.78 is 5.79. The van der Waals surface area contributed by atoms with Gasteiger partial charge in [-0.05, 0) is 67.1 Å². The number of nitrogens with zero attached hydrogens (tertiary/aromatic N) is 1. The van der Waals surface area contributed by atoms with Crippen LogP contribution < -0.4 is 10.1 Å². The van der Waals surface area contributed by atoms with Gasteiger partial charge in [0.2, 0.25) is 0 Å². The Hall–Kier alpha value is -2.40. The van der Waals surface area contributed by atoms with Crippen LogP contribution in [0.4, 0.5) is 10.5 Å². The predicted molar refractivity (Wildman–Crippen MR) is 112 cm³/mol. The number of alkyl halides is 1. The van der Waals surface area contributed by atoms with Gasteiger partial charge in [0.05, 0.1) is 12.0 Å². The zero-order chi connectivity index (χ0) is 19.9. The summed E-state index contributed by atoms with van der Waals surface area (Å²) in [6, 6.07) is 14.4. The number of amides is 2. The second-order valence-corrected chi connectivity index (χ2v) is 7.69. The van der Waals surface area contributed by atoms with E-state index in [0.717, 1.165) is 36.3 Å². The van der Waals surface area contributed by atoms with Crippen molar-refractivity contribution >= 4 is 23.3 Å². The van der Waals surface area contributed by atoms with E-state index in [1.54, 1.807) is 24.3 Å². The second-order valence-electron chi connectivity index (χ2n) is 7.16. The van der Waals surface area contributed by atoms with Gasteiger partial charge in [0.15, 0.2) is 0 Å². The molecule has 5 nitrogen and oxygen atoms in total. The van der Waals surface area contributed by atoms with Crippen LogP contribution in [-0.2, 0) is 0 Å². The molecule has 0 saturated carbocycles. The molecule has 0 spiro atoms. The summed E-state index contributed by atoms with van der Waals surface area (Å²) in [5, 5.41) is 12.3. The van der Waals surface area contributed by atoms with Gasteiger partial charge in [-0.2, -0.15) is 0 Å². The molecule has 1 unspecified atom stereocenters. The van der Waals surface area contributed by atoms with Crippen molar-refractivity contribution in [3.63, 3.8) is 0 Å². The summed E-state index contributed by atoms with van der Waals surface area (Å²) in [5.74, 6) is 1.41. The van der Waals surface area contributed by atoms with E-state index in [-0.39, 0.29) is 17.2 Å². The highest BCUT2D eigenvalue weighted by atomic mass is 35.5. The lowest BCUT2D eigenvalue weighted by Crippen LogP contribution is -2.42. The highest BCUT2D eigenvalue weighted by Crippen LogP contribution is 2.25. The van der Waals surface area contributed by atoms with E-state index in [2.05, 4.69) is 5.32 Å². The molecule has 2 aromatic rings. The quantitative estimate of drug-likeness (QED) is 0.635. The molecule has 0 radical (unpaired) electrons. The van der Waals surface area contributed by atoms with Crippen LogP contribution in [-0.4, -0.2) is 35.7 Å². The van der Waals surface area contributed by atoms with E-state index in [9.17, 15) is 9.90 Å². The normalized spacial score (nSPS) is 15.9. The molecule has 1 fully saturated rings. The van der Waals surface area contributed by atoms with Crippen molar-refractivity contribution in [2.75, 3.05) is 25.0 Å². The first-order valence-electron chi connectivity index (χ1n) is 9.77. The number of hydrogen-bond donors (Lipinski definition) is 2. The van der Waals surface area contributed by atoms with Crippen molar-refractivity contribution in [3.05, 3.63) is 54.1 Å². The minimum atomic E-state index is -0.0661. The van der Waals surface area contributed by atoms with Gasteiger partial charge in [-0.25, -0.2) is 4.79 Å². The van der Waals surface area contributed by atoms with Crippen LogP contribution in [0.3, 0.4) is 0 Å². The maximum atomic E-state index is 12.5. The third-order valence-corrected chi connectivity index (χ3v) is 5.67. The lowest BCUT2D eigenvalue weighted by molar-refractivity contribution is 0.152. The van der Waals surface area contributed by atoms with E-state index in [1.165, 1.54) is 0 Å². The van der Waals surface area contributed by atoms with Crippen molar-refractivity contribution in [1.29, 1.82) is 0 Å². The minimum absolute atomic E-state index is 0.00701. The van der Waals surface area contributed by atoms with Gasteiger partial charge < -0.3 is 20.1 Å². The standard InChI is InChI=1S/C22H27ClN2O3/c1-2-21(23)17-3-5-18(6-4-17)24-22(27)25-13-11-16(12-14-25)15-28-20-9-7-19(26)8-10-20/h3-10,16,21,26H,2,11-15H2,1H3,(H,24,27). The number of aromatic hydroxyl groups is 1. The number of piperidine rings is 1. The zero-order valence-electron chi connectivity index (χ0n) is 16.1. The number of ether oxygens (including phenoxy) is 1. The van der Waals surface area contributed by atoms with Crippen molar-refractivity contribution in [3.8, 4) is 11.5 Å². The number of benzene rings is 2. The molecule has 2 amide bonds. The molecule has 0 aromatic heterocycles. The summed E-state index contributed by atoms with van der Waals surface area (Å²) in [6.45, 7) is 4.10. The fourth-order valence-corrected chi connectivity index (χ4v) is 3.42. The number of hydrogen-bond acceptors (Lipinski definition) is 3. The fourth-order valence-electron chi connectivity index (χ4n) is 3.27. The summed E-state index contributed by atoms with van der Waals surface area (Å²) in [6.07, 6.45) is 2.70. The Bertz CT molecular complexity index is 756. The topological polar surface area (TPSA) is 61.8 Å². The maximum Gasteiger partial charge on any atom is 0.321 e. The predicted octanol–water partition coefficient (Wildman–Crippen LogP) is 5.41. The van der Waals surface area contributed by atoms with E-state index in [0.29, 0.717) is 25.6 Å². The lowest BCUT2D eigenvalue weighted by atomic mass is 9.98. The number of phenols is 1.